The molecule has 0 aliphatic rings. The van der Waals surface area contributed by atoms with Gasteiger partial charge in [0.25, 0.3) is 5.56 Å². The molecule has 0 aliphatic carbocycles. The van der Waals surface area contributed by atoms with Gasteiger partial charge in [-0.15, -0.1) is 5.10 Å². The summed E-state index contributed by atoms with van der Waals surface area (Å²) in [6.45, 7) is 13.9. The number of fused-ring (bicyclic) bond motifs is 1. The average molecular weight is 473 g/mol. The third-order valence-electron chi connectivity index (χ3n) is 7.03. The van der Waals surface area contributed by atoms with Crippen molar-refractivity contribution >= 4 is 10.9 Å². The number of nitrogens with one attached hydrogen (secondary N) is 1. The Hall–Kier alpha value is -3.32. The Balaban J connectivity index is 1.79. The Morgan fingerprint density at radius 1 is 1.06 bits per heavy atom. The molecular formula is C28H36N6O. The maximum Gasteiger partial charge on any atom is 0.252 e. The smallest absolute Gasteiger partial charge is 0.252 e. The Bertz CT molecular complexity index is 1360. The molecule has 2 aromatic heterocycles. The van der Waals surface area contributed by atoms with Crippen molar-refractivity contribution in [2.24, 2.45) is 0 Å². The van der Waals surface area contributed by atoms with E-state index in [1.807, 2.05) is 35.9 Å². The van der Waals surface area contributed by atoms with E-state index in [9.17, 15) is 4.79 Å². The highest BCUT2D eigenvalue weighted by atomic mass is 16.1. The van der Waals surface area contributed by atoms with Gasteiger partial charge in [0.05, 0.1) is 17.1 Å². The van der Waals surface area contributed by atoms with Gasteiger partial charge in [-0.2, -0.15) is 0 Å². The number of hydrogen-bond donors (Lipinski definition) is 1. The van der Waals surface area contributed by atoms with Crippen LogP contribution >= 0.6 is 0 Å². The zero-order chi connectivity index (χ0) is 25.2. The number of tetrazole rings is 1. The van der Waals surface area contributed by atoms with E-state index in [1.54, 1.807) is 0 Å². The second-order valence-electron chi connectivity index (χ2n) is 10.1. The van der Waals surface area contributed by atoms with Gasteiger partial charge in [0.15, 0.2) is 5.82 Å². The molecule has 7 nitrogen and oxygen atoms in total. The van der Waals surface area contributed by atoms with Crippen molar-refractivity contribution in [1.82, 2.24) is 30.1 Å². The highest BCUT2D eigenvalue weighted by Crippen LogP contribution is 2.30. The first kappa shape index (κ1) is 24.8. The fourth-order valence-corrected chi connectivity index (χ4v) is 4.75. The van der Waals surface area contributed by atoms with Crippen LogP contribution in [0.15, 0.2) is 53.3 Å². The molecule has 0 bridgehead atoms. The summed E-state index contributed by atoms with van der Waals surface area (Å²) in [6, 6.07) is 16.6. The number of hydrogen-bond acceptors (Lipinski definition) is 5. The molecule has 35 heavy (non-hydrogen) atoms. The summed E-state index contributed by atoms with van der Waals surface area (Å²) < 4.78 is 1.95. The van der Waals surface area contributed by atoms with Crippen LogP contribution in [0.1, 0.15) is 74.7 Å². The Labute approximate surface area is 207 Å². The third-order valence-corrected chi connectivity index (χ3v) is 7.03. The number of H-pyrrole nitrogens is 1. The summed E-state index contributed by atoms with van der Waals surface area (Å²) in [7, 11) is 0. The predicted molar refractivity (Wildman–Crippen MR) is 140 cm³/mol. The van der Waals surface area contributed by atoms with E-state index in [-0.39, 0.29) is 17.1 Å². The van der Waals surface area contributed by atoms with E-state index < -0.39 is 0 Å². The van der Waals surface area contributed by atoms with Crippen LogP contribution in [0.25, 0.3) is 10.9 Å². The van der Waals surface area contributed by atoms with Gasteiger partial charge in [0, 0.05) is 18.7 Å². The van der Waals surface area contributed by atoms with Crippen molar-refractivity contribution in [3.05, 3.63) is 87.0 Å². The molecule has 0 amide bonds. The number of rotatable bonds is 9. The average Bonchev–Trinajstić information content (AvgIpc) is 3.32. The Morgan fingerprint density at radius 3 is 2.49 bits per heavy atom. The van der Waals surface area contributed by atoms with Crippen LogP contribution in [0.2, 0.25) is 0 Å². The monoisotopic (exact) mass is 472 g/mol. The standard InChI is InChI=1S/C28H36N6O/c1-7-24(26-30-31-32-34(26)28(5,6)8-2)33(17-21-12-10-9-11-13-21)18-23-16-22-15-19(3)14-20(4)25(22)29-27(23)35/h9-16,24H,7-8,17-18H2,1-6H3,(H,29,35)/t24-/m1/s1. The van der Waals surface area contributed by atoms with Crippen LogP contribution in [0.4, 0.5) is 0 Å². The molecule has 2 aromatic carbocycles. The fourth-order valence-electron chi connectivity index (χ4n) is 4.75. The molecule has 2 heterocycles. The Morgan fingerprint density at radius 2 is 1.80 bits per heavy atom. The quantitative estimate of drug-likeness (QED) is 0.351. The van der Waals surface area contributed by atoms with Crippen molar-refractivity contribution < 1.29 is 0 Å². The van der Waals surface area contributed by atoms with E-state index in [4.69, 9.17) is 0 Å². The molecule has 1 N–H and O–H groups in total. The topological polar surface area (TPSA) is 79.7 Å². The van der Waals surface area contributed by atoms with Crippen molar-refractivity contribution in [1.29, 1.82) is 0 Å². The number of pyridine rings is 1. The SMILES string of the molecule is CC[C@H](c1nnnn1C(C)(C)CC)N(Cc1ccccc1)Cc1cc2cc(C)cc(C)c2[nH]c1=O. The first-order valence-electron chi connectivity index (χ1n) is 12.4. The van der Waals surface area contributed by atoms with Crippen LogP contribution in [0.3, 0.4) is 0 Å². The highest BCUT2D eigenvalue weighted by molar-refractivity contribution is 5.82. The van der Waals surface area contributed by atoms with Crippen LogP contribution in [0, 0.1) is 13.8 Å². The minimum Gasteiger partial charge on any atom is -0.321 e. The molecule has 184 valence electrons. The lowest BCUT2D eigenvalue weighted by molar-refractivity contribution is 0.150. The van der Waals surface area contributed by atoms with Crippen LogP contribution < -0.4 is 5.56 Å². The Kier molecular flexibility index (Phi) is 7.17. The van der Waals surface area contributed by atoms with E-state index >= 15 is 0 Å². The number of aryl methyl sites for hydroxylation is 2. The van der Waals surface area contributed by atoms with Crippen LogP contribution in [0.5, 0.6) is 0 Å². The molecule has 7 heteroatoms. The van der Waals surface area contributed by atoms with E-state index in [0.717, 1.165) is 40.7 Å². The van der Waals surface area contributed by atoms with E-state index in [2.05, 4.69) is 84.3 Å². The molecule has 0 saturated heterocycles. The minimum atomic E-state index is -0.208. The number of nitrogens with zero attached hydrogens (tertiary/aromatic N) is 5. The van der Waals surface area contributed by atoms with E-state index in [0.29, 0.717) is 13.1 Å². The summed E-state index contributed by atoms with van der Waals surface area (Å²) in [5.74, 6) is 0.833. The van der Waals surface area contributed by atoms with Crippen molar-refractivity contribution in [3.63, 3.8) is 0 Å². The first-order chi connectivity index (χ1) is 16.7. The lowest BCUT2D eigenvalue weighted by Gasteiger charge is -2.33. The maximum atomic E-state index is 13.2. The molecule has 4 rings (SSSR count). The summed E-state index contributed by atoms with van der Waals surface area (Å²) in [5, 5.41) is 13.9. The number of aromatic amines is 1. The molecule has 0 aliphatic heterocycles. The second-order valence-corrected chi connectivity index (χ2v) is 10.1. The van der Waals surface area contributed by atoms with Gasteiger partial charge >= 0.3 is 0 Å². The zero-order valence-electron chi connectivity index (χ0n) is 21.7. The molecule has 0 radical (unpaired) electrons. The largest absolute Gasteiger partial charge is 0.321 e. The lowest BCUT2D eigenvalue weighted by Crippen LogP contribution is -2.36. The third kappa shape index (κ3) is 5.20. The normalized spacial score (nSPS) is 13.0. The minimum absolute atomic E-state index is 0.0501. The van der Waals surface area contributed by atoms with Gasteiger partial charge in [-0.3, -0.25) is 9.69 Å². The molecule has 0 spiro atoms. The van der Waals surface area contributed by atoms with Crippen molar-refractivity contribution in [2.45, 2.75) is 79.1 Å². The number of aromatic nitrogens is 5. The van der Waals surface area contributed by atoms with Gasteiger partial charge in [-0.25, -0.2) is 4.68 Å². The van der Waals surface area contributed by atoms with Crippen molar-refractivity contribution in [3.8, 4) is 0 Å². The highest BCUT2D eigenvalue weighted by Gasteiger charge is 2.31. The molecular weight excluding hydrogens is 436 g/mol. The van der Waals surface area contributed by atoms with E-state index in [1.165, 1.54) is 11.1 Å². The predicted octanol–water partition coefficient (Wildman–Crippen LogP) is 5.43. The summed E-state index contributed by atoms with van der Waals surface area (Å²) in [4.78, 5) is 18.7. The van der Waals surface area contributed by atoms with Crippen LogP contribution in [-0.2, 0) is 18.6 Å². The second kappa shape index (κ2) is 10.1. The molecule has 4 aromatic rings. The van der Waals surface area contributed by atoms with Gasteiger partial charge in [0.2, 0.25) is 0 Å². The summed E-state index contributed by atoms with van der Waals surface area (Å²) in [6.07, 6.45) is 1.72. The molecule has 0 saturated carbocycles. The zero-order valence-corrected chi connectivity index (χ0v) is 21.7. The van der Waals surface area contributed by atoms with Gasteiger partial charge < -0.3 is 4.98 Å². The lowest BCUT2D eigenvalue weighted by atomic mass is 10.0. The van der Waals surface area contributed by atoms with Gasteiger partial charge in [0.1, 0.15) is 0 Å². The summed E-state index contributed by atoms with van der Waals surface area (Å²) in [5.41, 5.74) is 4.83. The number of benzene rings is 2. The maximum absolute atomic E-state index is 13.2. The fraction of sp³-hybridized carbons (Fsp3) is 0.429. The first-order valence-corrected chi connectivity index (χ1v) is 12.4. The van der Waals surface area contributed by atoms with Crippen LogP contribution in [-0.4, -0.2) is 30.1 Å². The molecule has 0 fully saturated rings. The molecule has 1 atom stereocenters. The molecule has 0 unspecified atom stereocenters. The van der Waals surface area contributed by atoms with Gasteiger partial charge in [-0.05, 0) is 79.6 Å². The summed E-state index contributed by atoms with van der Waals surface area (Å²) >= 11 is 0. The van der Waals surface area contributed by atoms with Gasteiger partial charge in [-0.1, -0.05) is 55.8 Å². The van der Waals surface area contributed by atoms with Crippen molar-refractivity contribution in [2.75, 3.05) is 0 Å².